The zero-order valence-corrected chi connectivity index (χ0v) is 20.6. The van der Waals surface area contributed by atoms with Crippen LogP contribution in [-0.4, -0.2) is 31.0 Å². The molecule has 0 aliphatic rings. The lowest BCUT2D eigenvalue weighted by Gasteiger charge is -2.19. The molecule has 0 aliphatic carbocycles. The fraction of sp³-hybridized carbons (Fsp3) is 0.417. The monoisotopic (exact) mass is 468 g/mol. The van der Waals surface area contributed by atoms with Crippen LogP contribution in [0.5, 0.6) is 5.75 Å². The molecular weight excluding hydrogens is 436 g/mol. The molecule has 0 bridgehead atoms. The number of ether oxygens (including phenoxy) is 1. The van der Waals surface area contributed by atoms with Crippen LogP contribution in [0, 0.1) is 5.92 Å². The zero-order valence-electron chi connectivity index (χ0n) is 19.8. The summed E-state index contributed by atoms with van der Waals surface area (Å²) in [6.07, 6.45) is 3.44. The molecule has 0 fully saturated rings. The molecule has 1 aromatic carbocycles. The van der Waals surface area contributed by atoms with Crippen molar-refractivity contribution in [3.8, 4) is 5.75 Å². The van der Waals surface area contributed by atoms with Gasteiger partial charge in [0, 0.05) is 18.9 Å². The summed E-state index contributed by atoms with van der Waals surface area (Å²) in [7, 11) is 0. The van der Waals surface area contributed by atoms with Crippen molar-refractivity contribution in [1.29, 1.82) is 0 Å². The lowest BCUT2D eigenvalue weighted by molar-refractivity contribution is -0.121. The SMILES string of the molecule is CC(C)C(Sc1nnc(COc2ccc(C(C)(C)C)cc2)n1N)C(=O)NCc1cccnc1. The van der Waals surface area contributed by atoms with Gasteiger partial charge in [-0.1, -0.05) is 64.6 Å². The Bertz CT molecular complexity index is 1050. The third-order valence-corrected chi connectivity index (χ3v) is 6.61. The second-order valence-corrected chi connectivity index (χ2v) is 10.3. The summed E-state index contributed by atoms with van der Waals surface area (Å²) in [6.45, 7) is 11.1. The Kier molecular flexibility index (Phi) is 7.97. The smallest absolute Gasteiger partial charge is 0.234 e. The molecule has 176 valence electrons. The van der Waals surface area contributed by atoms with Gasteiger partial charge in [-0.3, -0.25) is 9.78 Å². The van der Waals surface area contributed by atoms with E-state index in [1.54, 1.807) is 12.4 Å². The van der Waals surface area contributed by atoms with Crippen LogP contribution in [0.3, 0.4) is 0 Å². The van der Waals surface area contributed by atoms with E-state index in [1.807, 2.05) is 38.1 Å². The minimum atomic E-state index is -0.369. The molecule has 1 amide bonds. The first kappa shape index (κ1) is 24.6. The highest BCUT2D eigenvalue weighted by Crippen LogP contribution is 2.27. The second-order valence-electron chi connectivity index (χ2n) is 9.19. The number of rotatable bonds is 9. The predicted molar refractivity (Wildman–Crippen MR) is 130 cm³/mol. The topological polar surface area (TPSA) is 108 Å². The number of carbonyl (C=O) groups excluding carboxylic acids is 1. The third kappa shape index (κ3) is 6.71. The van der Waals surface area contributed by atoms with Gasteiger partial charge in [0.05, 0.1) is 5.25 Å². The maximum Gasteiger partial charge on any atom is 0.234 e. The van der Waals surface area contributed by atoms with Crippen LogP contribution in [0.2, 0.25) is 0 Å². The van der Waals surface area contributed by atoms with Crippen LogP contribution in [0.15, 0.2) is 53.9 Å². The van der Waals surface area contributed by atoms with E-state index >= 15 is 0 Å². The second kappa shape index (κ2) is 10.7. The molecule has 3 N–H and O–H groups in total. The Morgan fingerprint density at radius 1 is 1.18 bits per heavy atom. The largest absolute Gasteiger partial charge is 0.486 e. The van der Waals surface area contributed by atoms with Crippen molar-refractivity contribution < 1.29 is 9.53 Å². The van der Waals surface area contributed by atoms with Crippen LogP contribution in [0.25, 0.3) is 0 Å². The number of hydrogen-bond acceptors (Lipinski definition) is 7. The number of nitrogens with zero attached hydrogens (tertiary/aromatic N) is 4. The molecule has 8 nitrogen and oxygen atoms in total. The number of nitrogens with one attached hydrogen (secondary N) is 1. The molecule has 0 spiro atoms. The van der Waals surface area contributed by atoms with Gasteiger partial charge in [0.2, 0.25) is 11.1 Å². The minimum Gasteiger partial charge on any atom is -0.486 e. The van der Waals surface area contributed by atoms with E-state index in [2.05, 4.69) is 53.4 Å². The van der Waals surface area contributed by atoms with Crippen LogP contribution in [0.1, 0.15) is 51.6 Å². The van der Waals surface area contributed by atoms with Crippen LogP contribution in [-0.2, 0) is 23.4 Å². The Morgan fingerprint density at radius 2 is 1.91 bits per heavy atom. The van der Waals surface area contributed by atoms with E-state index in [9.17, 15) is 4.79 Å². The molecule has 2 aromatic heterocycles. The lowest BCUT2D eigenvalue weighted by Crippen LogP contribution is -2.35. The Hall–Kier alpha value is -3.07. The molecule has 3 aromatic rings. The van der Waals surface area contributed by atoms with E-state index in [1.165, 1.54) is 22.0 Å². The number of pyridine rings is 1. The Morgan fingerprint density at radius 3 is 2.52 bits per heavy atom. The average Bonchev–Trinajstić information content (AvgIpc) is 3.13. The van der Waals surface area contributed by atoms with E-state index in [0.29, 0.717) is 17.5 Å². The molecule has 9 heteroatoms. The fourth-order valence-corrected chi connectivity index (χ4v) is 4.08. The molecule has 0 saturated heterocycles. The zero-order chi connectivity index (χ0) is 24.0. The van der Waals surface area contributed by atoms with Crippen molar-refractivity contribution in [2.24, 2.45) is 5.92 Å². The summed E-state index contributed by atoms with van der Waals surface area (Å²) < 4.78 is 7.23. The van der Waals surface area contributed by atoms with E-state index in [4.69, 9.17) is 10.6 Å². The minimum absolute atomic E-state index is 0.0710. The number of benzene rings is 1. The highest BCUT2D eigenvalue weighted by molar-refractivity contribution is 8.00. The number of aromatic nitrogens is 4. The van der Waals surface area contributed by atoms with Crippen molar-refractivity contribution in [1.82, 2.24) is 25.2 Å². The summed E-state index contributed by atoms with van der Waals surface area (Å²) in [5.74, 6) is 7.41. The van der Waals surface area contributed by atoms with Gasteiger partial charge < -0.3 is 15.9 Å². The maximum absolute atomic E-state index is 12.8. The van der Waals surface area contributed by atoms with Crippen molar-refractivity contribution in [2.75, 3.05) is 5.84 Å². The van der Waals surface area contributed by atoms with Crippen LogP contribution < -0.4 is 15.9 Å². The first-order chi connectivity index (χ1) is 15.6. The number of amides is 1. The van der Waals surface area contributed by atoms with E-state index in [-0.39, 0.29) is 29.1 Å². The van der Waals surface area contributed by atoms with Crippen molar-refractivity contribution in [2.45, 2.75) is 63.6 Å². The number of thioether (sulfide) groups is 1. The van der Waals surface area contributed by atoms with Gasteiger partial charge in [-0.25, -0.2) is 4.68 Å². The number of nitrogens with two attached hydrogens (primary N) is 1. The van der Waals surface area contributed by atoms with Gasteiger partial charge in [0.25, 0.3) is 0 Å². The number of hydrogen-bond donors (Lipinski definition) is 2. The predicted octanol–water partition coefficient (Wildman–Crippen LogP) is 3.70. The summed E-state index contributed by atoms with van der Waals surface area (Å²) in [4.78, 5) is 16.9. The highest BCUT2D eigenvalue weighted by Gasteiger charge is 2.26. The lowest BCUT2D eigenvalue weighted by atomic mass is 9.87. The molecule has 33 heavy (non-hydrogen) atoms. The molecule has 3 rings (SSSR count). The van der Waals surface area contributed by atoms with Gasteiger partial charge in [-0.2, -0.15) is 0 Å². The van der Waals surface area contributed by atoms with Gasteiger partial charge in [-0.15, -0.1) is 10.2 Å². The molecule has 0 saturated carbocycles. The van der Waals surface area contributed by atoms with Crippen LogP contribution in [0.4, 0.5) is 0 Å². The van der Waals surface area contributed by atoms with Crippen molar-refractivity contribution >= 4 is 17.7 Å². The Labute approximate surface area is 199 Å². The summed E-state index contributed by atoms with van der Waals surface area (Å²) in [5, 5.41) is 11.4. The fourth-order valence-electron chi connectivity index (χ4n) is 3.08. The van der Waals surface area contributed by atoms with Crippen LogP contribution >= 0.6 is 11.8 Å². The number of nitrogen functional groups attached to an aromatic ring is 1. The summed E-state index contributed by atoms with van der Waals surface area (Å²) in [5.41, 5.74) is 2.26. The molecule has 1 unspecified atom stereocenters. The highest BCUT2D eigenvalue weighted by atomic mass is 32.2. The van der Waals surface area contributed by atoms with Gasteiger partial charge in [0.1, 0.15) is 12.4 Å². The molecule has 2 heterocycles. The molecular formula is C24H32N6O2S. The normalized spacial score (nSPS) is 12.5. The molecule has 0 radical (unpaired) electrons. The summed E-state index contributed by atoms with van der Waals surface area (Å²) >= 11 is 1.29. The van der Waals surface area contributed by atoms with E-state index in [0.717, 1.165) is 11.3 Å². The maximum atomic E-state index is 12.8. The van der Waals surface area contributed by atoms with Gasteiger partial charge >= 0.3 is 0 Å². The standard InChI is InChI=1S/C24H32N6O2S/c1-16(2)21(22(31)27-14-17-7-6-12-26-13-17)33-23-29-28-20(30(23)25)15-32-19-10-8-18(9-11-19)24(3,4)5/h6-13,16,21H,14-15,25H2,1-5H3,(H,27,31). The third-order valence-electron chi connectivity index (χ3n) is 5.11. The van der Waals surface area contributed by atoms with E-state index < -0.39 is 0 Å². The molecule has 1 atom stereocenters. The quantitative estimate of drug-likeness (QED) is 0.364. The average molecular weight is 469 g/mol. The van der Waals surface area contributed by atoms with Crippen molar-refractivity contribution in [3.05, 3.63) is 65.7 Å². The number of carbonyl (C=O) groups is 1. The van der Waals surface area contributed by atoms with Gasteiger partial charge in [0.15, 0.2) is 5.82 Å². The first-order valence-electron chi connectivity index (χ1n) is 10.9. The molecule has 0 aliphatic heterocycles. The Balaban J connectivity index is 1.60. The first-order valence-corrected chi connectivity index (χ1v) is 11.8. The van der Waals surface area contributed by atoms with Crippen molar-refractivity contribution in [3.63, 3.8) is 0 Å². The summed E-state index contributed by atoms with van der Waals surface area (Å²) in [6, 6.07) is 11.8. The van der Waals surface area contributed by atoms with Gasteiger partial charge in [-0.05, 0) is 40.7 Å².